The molecule has 0 bridgehead atoms. The molecule has 0 fully saturated rings. The van der Waals surface area contributed by atoms with Crippen LogP contribution in [0.5, 0.6) is 0 Å². The van der Waals surface area contributed by atoms with Crippen molar-refractivity contribution in [2.24, 2.45) is 0 Å². The number of hydrogen-bond acceptors (Lipinski definition) is 3. The highest BCUT2D eigenvalue weighted by atomic mass is 79.9. The average Bonchev–Trinajstić information content (AvgIpc) is 2.29. The summed E-state index contributed by atoms with van der Waals surface area (Å²) in [6.07, 6.45) is 1.76. The second-order valence-corrected chi connectivity index (χ2v) is 4.82. The van der Waals surface area contributed by atoms with Crippen molar-refractivity contribution < 1.29 is 0 Å². The number of aromatic nitrogens is 2. The number of benzene rings is 1. The molecule has 1 aromatic carbocycles. The first-order chi connectivity index (χ1) is 8.15. The molecule has 2 rings (SSSR count). The van der Waals surface area contributed by atoms with Gasteiger partial charge in [-0.1, -0.05) is 28.1 Å². The van der Waals surface area contributed by atoms with Crippen LogP contribution in [0.3, 0.4) is 0 Å². The van der Waals surface area contributed by atoms with E-state index in [0.717, 1.165) is 16.1 Å². The summed E-state index contributed by atoms with van der Waals surface area (Å²) in [5.74, 6) is 1.63. The molecule has 0 radical (unpaired) electrons. The summed E-state index contributed by atoms with van der Waals surface area (Å²) in [4.78, 5) is 8.40. The third-order valence-corrected chi connectivity index (χ3v) is 3.04. The van der Waals surface area contributed by atoms with Crippen molar-refractivity contribution in [1.82, 2.24) is 9.97 Å². The van der Waals surface area contributed by atoms with E-state index in [1.54, 1.807) is 6.20 Å². The van der Waals surface area contributed by atoms with Crippen molar-refractivity contribution in [2.75, 3.05) is 5.32 Å². The summed E-state index contributed by atoms with van der Waals surface area (Å²) < 4.78 is 1.09. The molecule has 1 N–H and O–H groups in total. The largest absolute Gasteiger partial charge is 0.363 e. The van der Waals surface area contributed by atoms with Gasteiger partial charge in [0.25, 0.3) is 0 Å². The SMILES string of the molecule is Cc1nccc(NC(C)c2ccc(Br)cc2)n1. The number of anilines is 1. The molecule has 3 nitrogen and oxygen atoms in total. The lowest BCUT2D eigenvalue weighted by Gasteiger charge is -2.15. The molecule has 0 aliphatic rings. The minimum absolute atomic E-state index is 0.220. The lowest BCUT2D eigenvalue weighted by atomic mass is 10.1. The van der Waals surface area contributed by atoms with Gasteiger partial charge in [-0.25, -0.2) is 9.97 Å². The maximum atomic E-state index is 4.32. The molecule has 1 unspecified atom stereocenters. The summed E-state index contributed by atoms with van der Waals surface area (Å²) in [6, 6.07) is 10.4. The molecule has 0 aliphatic heterocycles. The topological polar surface area (TPSA) is 37.8 Å². The fourth-order valence-corrected chi connectivity index (χ4v) is 1.86. The van der Waals surface area contributed by atoms with E-state index in [1.165, 1.54) is 5.56 Å². The van der Waals surface area contributed by atoms with Gasteiger partial charge in [0.05, 0.1) is 0 Å². The summed E-state index contributed by atoms with van der Waals surface area (Å²) in [7, 11) is 0. The van der Waals surface area contributed by atoms with E-state index < -0.39 is 0 Å². The lowest BCUT2D eigenvalue weighted by molar-refractivity contribution is 0.866. The molecule has 0 amide bonds. The minimum atomic E-state index is 0.220. The zero-order chi connectivity index (χ0) is 12.3. The predicted octanol–water partition coefficient (Wildman–Crippen LogP) is 3.72. The van der Waals surface area contributed by atoms with Crippen LogP contribution in [0.15, 0.2) is 41.0 Å². The van der Waals surface area contributed by atoms with E-state index >= 15 is 0 Å². The minimum Gasteiger partial charge on any atom is -0.363 e. The first-order valence-electron chi connectivity index (χ1n) is 5.47. The second kappa shape index (κ2) is 5.27. The van der Waals surface area contributed by atoms with Gasteiger partial charge in [-0.2, -0.15) is 0 Å². The standard InChI is InChI=1S/C13H14BrN3/c1-9(11-3-5-12(14)6-4-11)16-13-7-8-15-10(2)17-13/h3-9H,1-2H3,(H,15,16,17). The summed E-state index contributed by atoms with van der Waals surface area (Å²) >= 11 is 3.43. The summed E-state index contributed by atoms with van der Waals surface area (Å²) in [6.45, 7) is 4.00. The lowest BCUT2D eigenvalue weighted by Crippen LogP contribution is -2.08. The van der Waals surface area contributed by atoms with E-state index in [2.05, 4.69) is 50.3 Å². The molecule has 4 heteroatoms. The molecule has 1 heterocycles. The van der Waals surface area contributed by atoms with Crippen molar-refractivity contribution in [3.05, 3.63) is 52.4 Å². The Bertz CT molecular complexity index is 496. The van der Waals surface area contributed by atoms with Gasteiger partial charge >= 0.3 is 0 Å². The van der Waals surface area contributed by atoms with Crippen molar-refractivity contribution in [3.63, 3.8) is 0 Å². The van der Waals surface area contributed by atoms with Crippen molar-refractivity contribution in [3.8, 4) is 0 Å². The Hall–Kier alpha value is -1.42. The van der Waals surface area contributed by atoms with Gasteiger partial charge in [-0.05, 0) is 37.6 Å². The number of rotatable bonds is 3. The molecule has 2 aromatic rings. The molecular weight excluding hydrogens is 278 g/mol. The van der Waals surface area contributed by atoms with E-state index in [0.29, 0.717) is 0 Å². The van der Waals surface area contributed by atoms with Gasteiger partial charge < -0.3 is 5.32 Å². The third-order valence-electron chi connectivity index (χ3n) is 2.51. The van der Waals surface area contributed by atoms with Crippen LogP contribution in [0.1, 0.15) is 24.4 Å². The number of nitrogens with one attached hydrogen (secondary N) is 1. The molecule has 1 aromatic heterocycles. The van der Waals surface area contributed by atoms with Gasteiger partial charge in [-0.3, -0.25) is 0 Å². The van der Waals surface area contributed by atoms with Crippen LogP contribution in [0.2, 0.25) is 0 Å². The van der Waals surface area contributed by atoms with Crippen LogP contribution in [0.25, 0.3) is 0 Å². The van der Waals surface area contributed by atoms with E-state index in [-0.39, 0.29) is 6.04 Å². The maximum absolute atomic E-state index is 4.32. The molecule has 0 saturated heterocycles. The van der Waals surface area contributed by atoms with Crippen molar-refractivity contribution in [1.29, 1.82) is 0 Å². The van der Waals surface area contributed by atoms with E-state index in [1.807, 2.05) is 25.1 Å². The van der Waals surface area contributed by atoms with Gasteiger partial charge in [-0.15, -0.1) is 0 Å². The van der Waals surface area contributed by atoms with Crippen LogP contribution < -0.4 is 5.32 Å². The highest BCUT2D eigenvalue weighted by Gasteiger charge is 2.05. The van der Waals surface area contributed by atoms with Gasteiger partial charge in [0.2, 0.25) is 0 Å². The molecule has 88 valence electrons. The van der Waals surface area contributed by atoms with E-state index in [4.69, 9.17) is 0 Å². The summed E-state index contributed by atoms with van der Waals surface area (Å²) in [5, 5.41) is 3.35. The monoisotopic (exact) mass is 291 g/mol. The van der Waals surface area contributed by atoms with Gasteiger partial charge in [0.1, 0.15) is 11.6 Å². The van der Waals surface area contributed by atoms with E-state index in [9.17, 15) is 0 Å². The molecule has 0 spiro atoms. The van der Waals surface area contributed by atoms with Crippen LogP contribution in [-0.2, 0) is 0 Å². The zero-order valence-electron chi connectivity index (χ0n) is 9.81. The quantitative estimate of drug-likeness (QED) is 0.937. The number of hydrogen-bond donors (Lipinski definition) is 1. The van der Waals surface area contributed by atoms with Gasteiger partial charge in [0.15, 0.2) is 0 Å². The fraction of sp³-hybridized carbons (Fsp3) is 0.231. The highest BCUT2D eigenvalue weighted by Crippen LogP contribution is 2.19. The Labute approximate surface area is 109 Å². The molecule has 1 atom stereocenters. The third kappa shape index (κ3) is 3.27. The van der Waals surface area contributed by atoms with Crippen LogP contribution in [0.4, 0.5) is 5.82 Å². The van der Waals surface area contributed by atoms with Crippen molar-refractivity contribution in [2.45, 2.75) is 19.9 Å². The number of halogens is 1. The first-order valence-corrected chi connectivity index (χ1v) is 6.26. The second-order valence-electron chi connectivity index (χ2n) is 3.91. The Morgan fingerprint density at radius 1 is 1.18 bits per heavy atom. The Balaban J connectivity index is 2.11. The number of aryl methyl sites for hydroxylation is 1. The van der Waals surface area contributed by atoms with Crippen LogP contribution >= 0.6 is 15.9 Å². The molecule has 0 aliphatic carbocycles. The predicted molar refractivity (Wildman–Crippen MR) is 72.9 cm³/mol. The average molecular weight is 292 g/mol. The Morgan fingerprint density at radius 3 is 2.53 bits per heavy atom. The smallest absolute Gasteiger partial charge is 0.130 e. The fourth-order valence-electron chi connectivity index (χ4n) is 1.59. The Kier molecular flexibility index (Phi) is 3.74. The van der Waals surface area contributed by atoms with Gasteiger partial charge in [0, 0.05) is 16.7 Å². The number of nitrogens with zero attached hydrogens (tertiary/aromatic N) is 2. The van der Waals surface area contributed by atoms with Crippen LogP contribution in [0, 0.1) is 6.92 Å². The molecule has 0 saturated carbocycles. The molecule has 17 heavy (non-hydrogen) atoms. The maximum Gasteiger partial charge on any atom is 0.130 e. The normalized spacial score (nSPS) is 12.2. The molecular formula is C13H14BrN3. The summed E-state index contributed by atoms with van der Waals surface area (Å²) in [5.41, 5.74) is 1.23. The van der Waals surface area contributed by atoms with Crippen LogP contribution in [-0.4, -0.2) is 9.97 Å². The Morgan fingerprint density at radius 2 is 1.88 bits per heavy atom. The zero-order valence-corrected chi connectivity index (χ0v) is 11.4. The first kappa shape index (κ1) is 12.0. The van der Waals surface area contributed by atoms with Crippen molar-refractivity contribution >= 4 is 21.7 Å². The highest BCUT2D eigenvalue weighted by molar-refractivity contribution is 9.10.